The first-order valence-electron chi connectivity index (χ1n) is 5.80. The quantitative estimate of drug-likeness (QED) is 0.521. The lowest BCUT2D eigenvalue weighted by Gasteiger charge is -2.23. The molecule has 0 spiro atoms. The summed E-state index contributed by atoms with van der Waals surface area (Å²) in [4.78, 5) is 11.5. The third-order valence-corrected chi connectivity index (χ3v) is 2.48. The van der Waals surface area contributed by atoms with Gasteiger partial charge in [0.05, 0.1) is 6.54 Å². The molecule has 0 saturated carbocycles. The third-order valence-electron chi connectivity index (χ3n) is 2.48. The van der Waals surface area contributed by atoms with E-state index in [2.05, 4.69) is 22.5 Å². The molecule has 0 aromatic heterocycles. The predicted molar refractivity (Wildman–Crippen MR) is 62.9 cm³/mol. The Labute approximate surface area is 97.1 Å². The van der Waals surface area contributed by atoms with Crippen LogP contribution in [0, 0.1) is 11.8 Å². The van der Waals surface area contributed by atoms with E-state index < -0.39 is 0 Å². The van der Waals surface area contributed by atoms with Crippen LogP contribution in [0.1, 0.15) is 26.2 Å². The summed E-state index contributed by atoms with van der Waals surface area (Å²) in [7, 11) is 0. The molecule has 0 bridgehead atoms. The lowest BCUT2D eigenvalue weighted by Crippen LogP contribution is -2.43. The number of ether oxygens (including phenoxy) is 1. The van der Waals surface area contributed by atoms with Crippen molar-refractivity contribution < 1.29 is 9.53 Å². The van der Waals surface area contributed by atoms with Crippen LogP contribution in [0.5, 0.6) is 0 Å². The Morgan fingerprint density at radius 1 is 1.44 bits per heavy atom. The molecule has 1 amide bonds. The molecule has 0 aromatic carbocycles. The molecule has 1 saturated heterocycles. The molecule has 0 atom stereocenters. The van der Waals surface area contributed by atoms with Crippen LogP contribution in [-0.4, -0.2) is 38.3 Å². The molecular weight excluding hydrogens is 204 g/mol. The molecule has 0 aromatic rings. The van der Waals surface area contributed by atoms with Crippen LogP contribution in [0.3, 0.4) is 0 Å². The molecule has 0 radical (unpaired) electrons. The van der Waals surface area contributed by atoms with Gasteiger partial charge in [-0.05, 0) is 19.8 Å². The molecule has 0 unspecified atom stereocenters. The van der Waals surface area contributed by atoms with E-state index in [9.17, 15) is 4.79 Å². The number of carbonyl (C=O) groups is 1. The number of amides is 1. The normalized spacial score (nSPS) is 16.3. The summed E-state index contributed by atoms with van der Waals surface area (Å²) >= 11 is 0. The second-order valence-corrected chi connectivity index (χ2v) is 3.81. The lowest BCUT2D eigenvalue weighted by atomic mass is 10.1. The van der Waals surface area contributed by atoms with Gasteiger partial charge in [0.15, 0.2) is 0 Å². The number of hydrogen-bond donors (Lipinski definition) is 2. The second kappa shape index (κ2) is 8.14. The number of carbonyl (C=O) groups excluding carboxylic acids is 1. The van der Waals surface area contributed by atoms with E-state index in [-0.39, 0.29) is 5.91 Å². The molecule has 1 fully saturated rings. The van der Waals surface area contributed by atoms with Crippen molar-refractivity contribution in [2.24, 2.45) is 0 Å². The van der Waals surface area contributed by atoms with E-state index in [1.165, 1.54) is 0 Å². The number of nitrogens with one attached hydrogen (secondary N) is 2. The molecule has 1 heterocycles. The molecule has 90 valence electrons. The van der Waals surface area contributed by atoms with E-state index in [1.54, 1.807) is 0 Å². The van der Waals surface area contributed by atoms with Crippen molar-refractivity contribution in [3.8, 4) is 11.8 Å². The predicted octanol–water partition coefficient (Wildman–Crippen LogP) is 0.285. The molecule has 4 nitrogen and oxygen atoms in total. The van der Waals surface area contributed by atoms with E-state index >= 15 is 0 Å². The average Bonchev–Trinajstić information content (AvgIpc) is 2.30. The van der Waals surface area contributed by atoms with Crippen molar-refractivity contribution in [3.05, 3.63) is 0 Å². The zero-order valence-electron chi connectivity index (χ0n) is 9.84. The molecule has 1 aliphatic rings. The fourth-order valence-corrected chi connectivity index (χ4v) is 1.60. The van der Waals surface area contributed by atoms with Crippen molar-refractivity contribution in [2.45, 2.75) is 32.2 Å². The molecule has 4 heteroatoms. The molecular formula is C12H20N2O2. The van der Waals surface area contributed by atoms with E-state index in [0.29, 0.717) is 12.6 Å². The van der Waals surface area contributed by atoms with Crippen LogP contribution < -0.4 is 10.6 Å². The summed E-state index contributed by atoms with van der Waals surface area (Å²) in [5, 5.41) is 6.06. The van der Waals surface area contributed by atoms with Crippen LogP contribution in [0.15, 0.2) is 0 Å². The van der Waals surface area contributed by atoms with E-state index in [0.717, 1.165) is 39.0 Å². The summed E-state index contributed by atoms with van der Waals surface area (Å²) in [6, 6.07) is 0.290. The largest absolute Gasteiger partial charge is 0.381 e. The van der Waals surface area contributed by atoms with Gasteiger partial charge < -0.3 is 15.4 Å². The molecule has 0 aliphatic carbocycles. The van der Waals surface area contributed by atoms with Gasteiger partial charge in [-0.15, -0.1) is 11.8 Å². The van der Waals surface area contributed by atoms with Gasteiger partial charge in [0, 0.05) is 32.2 Å². The standard InChI is InChI=1S/C12H20N2O2/c1-2-3-4-7-13-10-12(15)14-11-5-8-16-9-6-11/h11,13H,4-10H2,1H3,(H,14,15). The smallest absolute Gasteiger partial charge is 0.234 e. The minimum absolute atomic E-state index is 0.0661. The topological polar surface area (TPSA) is 50.4 Å². The maximum absolute atomic E-state index is 11.5. The maximum atomic E-state index is 11.5. The number of rotatable bonds is 5. The maximum Gasteiger partial charge on any atom is 0.234 e. The minimum Gasteiger partial charge on any atom is -0.381 e. The van der Waals surface area contributed by atoms with E-state index in [4.69, 9.17) is 4.74 Å². The van der Waals surface area contributed by atoms with Crippen molar-refractivity contribution in [1.82, 2.24) is 10.6 Å². The molecule has 1 rings (SSSR count). The minimum atomic E-state index is 0.0661. The van der Waals surface area contributed by atoms with Crippen molar-refractivity contribution in [1.29, 1.82) is 0 Å². The number of hydrogen-bond acceptors (Lipinski definition) is 3. The first-order valence-corrected chi connectivity index (χ1v) is 5.80. The highest BCUT2D eigenvalue weighted by molar-refractivity contribution is 5.78. The monoisotopic (exact) mass is 224 g/mol. The highest BCUT2D eigenvalue weighted by atomic mass is 16.5. The SMILES string of the molecule is CC#CCCNCC(=O)NC1CCOCC1. The van der Waals surface area contributed by atoms with Gasteiger partial charge in [0.2, 0.25) is 5.91 Å². The molecule has 1 aliphatic heterocycles. The van der Waals surface area contributed by atoms with Crippen molar-refractivity contribution >= 4 is 5.91 Å². The van der Waals surface area contributed by atoms with Gasteiger partial charge >= 0.3 is 0 Å². The van der Waals surface area contributed by atoms with Crippen LogP contribution >= 0.6 is 0 Å². The first kappa shape index (κ1) is 13.0. The van der Waals surface area contributed by atoms with Crippen LogP contribution in [-0.2, 0) is 9.53 Å². The summed E-state index contributed by atoms with van der Waals surface area (Å²) in [5.74, 6) is 5.83. The lowest BCUT2D eigenvalue weighted by molar-refractivity contribution is -0.121. The van der Waals surface area contributed by atoms with Crippen molar-refractivity contribution in [3.63, 3.8) is 0 Å². The van der Waals surface area contributed by atoms with Gasteiger partial charge in [-0.25, -0.2) is 0 Å². The van der Waals surface area contributed by atoms with Crippen LogP contribution in [0.4, 0.5) is 0 Å². The van der Waals surface area contributed by atoms with Crippen LogP contribution in [0.2, 0.25) is 0 Å². The Morgan fingerprint density at radius 3 is 2.88 bits per heavy atom. The van der Waals surface area contributed by atoms with Gasteiger partial charge in [-0.1, -0.05) is 0 Å². The van der Waals surface area contributed by atoms with Gasteiger partial charge in [0.25, 0.3) is 0 Å². The summed E-state index contributed by atoms with van der Waals surface area (Å²) in [5.41, 5.74) is 0. The Hall–Kier alpha value is -1.05. The highest BCUT2D eigenvalue weighted by Crippen LogP contribution is 2.05. The summed E-state index contributed by atoms with van der Waals surface area (Å²) in [6.07, 6.45) is 2.64. The molecule has 16 heavy (non-hydrogen) atoms. The van der Waals surface area contributed by atoms with Gasteiger partial charge in [0.1, 0.15) is 0 Å². The Bertz CT molecular complexity index is 262. The third kappa shape index (κ3) is 5.74. The fourth-order valence-electron chi connectivity index (χ4n) is 1.60. The highest BCUT2D eigenvalue weighted by Gasteiger charge is 2.15. The Morgan fingerprint density at radius 2 is 2.19 bits per heavy atom. The first-order chi connectivity index (χ1) is 7.83. The fraction of sp³-hybridized carbons (Fsp3) is 0.750. The summed E-state index contributed by atoms with van der Waals surface area (Å²) in [6.45, 7) is 4.47. The van der Waals surface area contributed by atoms with Gasteiger partial charge in [-0.3, -0.25) is 4.79 Å². The van der Waals surface area contributed by atoms with Crippen molar-refractivity contribution in [2.75, 3.05) is 26.3 Å². The van der Waals surface area contributed by atoms with Crippen LogP contribution in [0.25, 0.3) is 0 Å². The summed E-state index contributed by atoms with van der Waals surface area (Å²) < 4.78 is 5.22. The molecule has 2 N–H and O–H groups in total. The zero-order chi connectivity index (χ0) is 11.6. The zero-order valence-corrected chi connectivity index (χ0v) is 9.84. The Balaban J connectivity index is 2.02. The van der Waals surface area contributed by atoms with Gasteiger partial charge in [-0.2, -0.15) is 0 Å². The second-order valence-electron chi connectivity index (χ2n) is 3.81. The van der Waals surface area contributed by atoms with E-state index in [1.807, 2.05) is 6.92 Å². The Kier molecular flexibility index (Phi) is 6.62. The average molecular weight is 224 g/mol.